The van der Waals surface area contributed by atoms with E-state index in [1.54, 1.807) is 0 Å². The number of carbonyl (C=O) groups is 2. The van der Waals surface area contributed by atoms with Gasteiger partial charge in [-0.05, 0) is 32.5 Å². The highest BCUT2D eigenvalue weighted by molar-refractivity contribution is 6.69. The minimum Gasteiger partial charge on any atom is -0.481 e. The highest BCUT2D eigenvalue weighted by Crippen LogP contribution is 2.17. The van der Waals surface area contributed by atoms with Crippen LogP contribution >= 0.6 is 0 Å². The van der Waals surface area contributed by atoms with Gasteiger partial charge in [-0.3, -0.25) is 9.59 Å². The quantitative estimate of drug-likeness (QED) is 0.451. The molecule has 2 N–H and O–H groups in total. The molecule has 0 saturated heterocycles. The van der Waals surface area contributed by atoms with Gasteiger partial charge in [-0.15, -0.1) is 0 Å². The van der Waals surface area contributed by atoms with Gasteiger partial charge >= 0.3 is 11.9 Å². The Morgan fingerprint density at radius 1 is 1.00 bits per heavy atom. The average Bonchev–Trinajstić information content (AvgIpc) is 2.19. The molecule has 0 rings (SSSR count). The SMILES string of the molecule is C[Si](C)(C)OC(CCCCCCC(=O)O)CC(=O)O. The van der Waals surface area contributed by atoms with Crippen molar-refractivity contribution < 1.29 is 24.2 Å². The maximum atomic E-state index is 10.8. The zero-order valence-corrected chi connectivity index (χ0v) is 13.1. The first-order chi connectivity index (χ1) is 8.70. The number of carboxylic acid groups (broad SMARTS) is 2. The van der Waals surface area contributed by atoms with Crippen molar-refractivity contribution in [3.63, 3.8) is 0 Å². The van der Waals surface area contributed by atoms with Crippen molar-refractivity contribution in [1.29, 1.82) is 0 Å². The Morgan fingerprint density at radius 3 is 2.05 bits per heavy atom. The number of hydrogen-bond donors (Lipinski definition) is 2. The Bertz CT molecular complexity index is 285. The van der Waals surface area contributed by atoms with Gasteiger partial charge in [0.1, 0.15) is 0 Å². The second kappa shape index (κ2) is 9.09. The smallest absolute Gasteiger partial charge is 0.305 e. The molecule has 0 aromatic rings. The normalized spacial score (nSPS) is 13.2. The standard InChI is InChI=1S/C13H26O5Si/c1-19(2,3)18-11(10-13(16)17)8-6-4-5-7-9-12(14)15/h11H,4-10H2,1-3H3,(H,14,15)(H,16,17). The number of hydrogen-bond acceptors (Lipinski definition) is 3. The summed E-state index contributed by atoms with van der Waals surface area (Å²) in [6, 6.07) is 0. The van der Waals surface area contributed by atoms with E-state index in [9.17, 15) is 9.59 Å². The van der Waals surface area contributed by atoms with Crippen LogP contribution in [0.5, 0.6) is 0 Å². The summed E-state index contributed by atoms with van der Waals surface area (Å²) >= 11 is 0. The van der Waals surface area contributed by atoms with Crippen molar-refractivity contribution in [1.82, 2.24) is 0 Å². The summed E-state index contributed by atoms with van der Waals surface area (Å²) in [6.07, 6.45) is 4.18. The van der Waals surface area contributed by atoms with Gasteiger partial charge in [0, 0.05) is 6.42 Å². The van der Waals surface area contributed by atoms with Gasteiger partial charge in [0.05, 0.1) is 12.5 Å². The topological polar surface area (TPSA) is 83.8 Å². The van der Waals surface area contributed by atoms with E-state index in [2.05, 4.69) is 19.6 Å². The predicted octanol–water partition coefficient (Wildman–Crippen LogP) is 3.11. The molecule has 0 radical (unpaired) electrons. The van der Waals surface area contributed by atoms with Crippen LogP contribution in [0.1, 0.15) is 44.9 Å². The number of unbranched alkanes of at least 4 members (excludes halogenated alkanes) is 3. The van der Waals surface area contributed by atoms with Gasteiger partial charge in [0.25, 0.3) is 0 Å². The van der Waals surface area contributed by atoms with Crippen molar-refractivity contribution in [3.05, 3.63) is 0 Å². The van der Waals surface area contributed by atoms with Crippen LogP contribution in [-0.2, 0) is 14.0 Å². The Balaban J connectivity index is 3.86. The van der Waals surface area contributed by atoms with Crippen LogP contribution in [0, 0.1) is 0 Å². The first-order valence-electron chi connectivity index (χ1n) is 6.82. The zero-order valence-electron chi connectivity index (χ0n) is 12.1. The molecule has 19 heavy (non-hydrogen) atoms. The molecule has 6 heteroatoms. The Hall–Kier alpha value is -0.883. The lowest BCUT2D eigenvalue weighted by atomic mass is 10.1. The summed E-state index contributed by atoms with van der Waals surface area (Å²) in [6.45, 7) is 6.15. The number of carboxylic acids is 2. The van der Waals surface area contributed by atoms with E-state index in [0.717, 1.165) is 25.7 Å². The molecule has 0 aromatic carbocycles. The van der Waals surface area contributed by atoms with Crippen molar-refractivity contribution in [2.75, 3.05) is 0 Å². The lowest BCUT2D eigenvalue weighted by Crippen LogP contribution is -2.33. The van der Waals surface area contributed by atoms with Gasteiger partial charge in [-0.2, -0.15) is 0 Å². The molecule has 0 aromatic heterocycles. The van der Waals surface area contributed by atoms with Gasteiger partial charge in [0.15, 0.2) is 8.32 Å². The van der Waals surface area contributed by atoms with E-state index in [1.165, 1.54) is 0 Å². The molecule has 0 saturated carbocycles. The van der Waals surface area contributed by atoms with E-state index in [0.29, 0.717) is 6.42 Å². The highest BCUT2D eigenvalue weighted by atomic mass is 28.4. The van der Waals surface area contributed by atoms with Crippen LogP contribution in [-0.4, -0.2) is 36.6 Å². The summed E-state index contributed by atoms with van der Waals surface area (Å²) in [5.41, 5.74) is 0. The first kappa shape index (κ1) is 18.1. The summed E-state index contributed by atoms with van der Waals surface area (Å²) < 4.78 is 5.86. The van der Waals surface area contributed by atoms with E-state index < -0.39 is 20.3 Å². The molecule has 0 bridgehead atoms. The van der Waals surface area contributed by atoms with Crippen molar-refractivity contribution >= 4 is 20.3 Å². The van der Waals surface area contributed by atoms with Crippen LogP contribution in [0.3, 0.4) is 0 Å². The third kappa shape index (κ3) is 13.4. The molecule has 1 atom stereocenters. The monoisotopic (exact) mass is 290 g/mol. The fourth-order valence-electron chi connectivity index (χ4n) is 1.90. The van der Waals surface area contributed by atoms with Crippen LogP contribution in [0.4, 0.5) is 0 Å². The fraction of sp³-hybridized carbons (Fsp3) is 0.846. The van der Waals surface area contributed by atoms with Gasteiger partial charge in [-0.25, -0.2) is 0 Å². The molecule has 1 unspecified atom stereocenters. The Labute approximate surface area is 116 Å². The van der Waals surface area contributed by atoms with Crippen molar-refractivity contribution in [3.8, 4) is 0 Å². The third-order valence-corrected chi connectivity index (χ3v) is 3.63. The van der Waals surface area contributed by atoms with Crippen molar-refractivity contribution in [2.45, 2.75) is 70.7 Å². The fourth-order valence-corrected chi connectivity index (χ4v) is 3.10. The molecule has 0 aliphatic carbocycles. The molecule has 0 aliphatic rings. The van der Waals surface area contributed by atoms with Crippen LogP contribution < -0.4 is 0 Å². The first-order valence-corrected chi connectivity index (χ1v) is 10.2. The second-order valence-corrected chi connectivity index (χ2v) is 10.3. The average molecular weight is 290 g/mol. The molecule has 0 amide bonds. The predicted molar refractivity (Wildman–Crippen MR) is 75.8 cm³/mol. The van der Waals surface area contributed by atoms with E-state index in [-0.39, 0.29) is 18.9 Å². The molecule has 0 fully saturated rings. The van der Waals surface area contributed by atoms with Gasteiger partial charge in [-0.1, -0.05) is 19.3 Å². The van der Waals surface area contributed by atoms with E-state index in [4.69, 9.17) is 14.6 Å². The molecule has 0 aliphatic heterocycles. The number of aliphatic carboxylic acids is 2. The van der Waals surface area contributed by atoms with Crippen LogP contribution in [0.25, 0.3) is 0 Å². The lowest BCUT2D eigenvalue weighted by molar-refractivity contribution is -0.139. The molecule has 0 spiro atoms. The minimum atomic E-state index is -1.72. The van der Waals surface area contributed by atoms with Gasteiger partial charge in [0.2, 0.25) is 0 Å². The van der Waals surface area contributed by atoms with E-state index in [1.807, 2.05) is 0 Å². The Morgan fingerprint density at radius 2 is 1.58 bits per heavy atom. The molecule has 5 nitrogen and oxygen atoms in total. The molecule has 0 heterocycles. The molecular formula is C13H26O5Si. The second-order valence-electron chi connectivity index (χ2n) is 5.80. The largest absolute Gasteiger partial charge is 0.481 e. The minimum absolute atomic E-state index is 0.0550. The Kier molecular flexibility index (Phi) is 8.67. The van der Waals surface area contributed by atoms with E-state index >= 15 is 0 Å². The number of rotatable bonds is 11. The van der Waals surface area contributed by atoms with Crippen LogP contribution in [0.15, 0.2) is 0 Å². The maximum absolute atomic E-state index is 10.8. The summed E-state index contributed by atoms with van der Waals surface area (Å²) in [7, 11) is -1.72. The molecule has 112 valence electrons. The van der Waals surface area contributed by atoms with Gasteiger partial charge < -0.3 is 14.6 Å². The summed E-state index contributed by atoms with van der Waals surface area (Å²) in [5, 5.41) is 17.4. The lowest BCUT2D eigenvalue weighted by Gasteiger charge is -2.25. The summed E-state index contributed by atoms with van der Waals surface area (Å²) in [5.74, 6) is -1.58. The third-order valence-electron chi connectivity index (χ3n) is 2.59. The molecular weight excluding hydrogens is 264 g/mol. The van der Waals surface area contributed by atoms with Crippen molar-refractivity contribution in [2.24, 2.45) is 0 Å². The zero-order chi connectivity index (χ0) is 14.9. The summed E-state index contributed by atoms with van der Waals surface area (Å²) in [4.78, 5) is 21.1. The van der Waals surface area contributed by atoms with Crippen LogP contribution in [0.2, 0.25) is 19.6 Å². The maximum Gasteiger partial charge on any atom is 0.305 e. The highest BCUT2D eigenvalue weighted by Gasteiger charge is 2.22.